The molecule has 80 valence electrons. The van der Waals surface area contributed by atoms with E-state index in [4.69, 9.17) is 12.3 Å². The highest BCUT2D eigenvalue weighted by molar-refractivity contribution is 7.99. The van der Waals surface area contributed by atoms with Gasteiger partial charge >= 0.3 is 0 Å². The molecular formula is C12H16N2S. The molecule has 0 aliphatic heterocycles. The van der Waals surface area contributed by atoms with E-state index in [1.165, 1.54) is 10.5 Å². The van der Waals surface area contributed by atoms with Gasteiger partial charge in [-0.1, -0.05) is 18.2 Å². The molecule has 3 N–H and O–H groups in total. The number of rotatable bonds is 5. The second-order valence-electron chi connectivity index (χ2n) is 3.35. The van der Waals surface area contributed by atoms with E-state index in [0.717, 1.165) is 5.75 Å². The number of nitrogens with one attached hydrogen (secondary N) is 1. The van der Waals surface area contributed by atoms with Crippen LogP contribution in [0.2, 0.25) is 0 Å². The highest BCUT2D eigenvalue weighted by atomic mass is 32.2. The van der Waals surface area contributed by atoms with Crippen molar-refractivity contribution in [1.82, 2.24) is 5.43 Å². The van der Waals surface area contributed by atoms with Gasteiger partial charge in [0.25, 0.3) is 0 Å². The molecule has 1 atom stereocenters. The zero-order valence-electron chi connectivity index (χ0n) is 8.86. The fourth-order valence-corrected chi connectivity index (χ4v) is 2.28. The van der Waals surface area contributed by atoms with Gasteiger partial charge in [0.05, 0.1) is 0 Å². The summed E-state index contributed by atoms with van der Waals surface area (Å²) in [5.41, 5.74) is 4.02. The number of aryl methyl sites for hydroxylation is 1. The van der Waals surface area contributed by atoms with E-state index in [9.17, 15) is 0 Å². The van der Waals surface area contributed by atoms with Gasteiger partial charge in [-0.25, -0.2) is 0 Å². The van der Waals surface area contributed by atoms with E-state index in [2.05, 4.69) is 30.4 Å². The number of thioether (sulfide) groups is 1. The third-order valence-electron chi connectivity index (χ3n) is 2.13. The van der Waals surface area contributed by atoms with E-state index in [0.29, 0.717) is 6.42 Å². The summed E-state index contributed by atoms with van der Waals surface area (Å²) >= 11 is 1.78. The average molecular weight is 220 g/mol. The van der Waals surface area contributed by atoms with Crippen molar-refractivity contribution in [2.24, 2.45) is 5.84 Å². The van der Waals surface area contributed by atoms with Gasteiger partial charge in [-0.2, -0.15) is 0 Å². The number of hydrogen-bond acceptors (Lipinski definition) is 3. The number of hydrazine groups is 1. The SMILES string of the molecule is C#CCC(CSc1ccccc1C)NN. The lowest BCUT2D eigenvalue weighted by Gasteiger charge is -2.13. The Morgan fingerprint density at radius 1 is 1.53 bits per heavy atom. The lowest BCUT2D eigenvalue weighted by molar-refractivity contribution is 0.592. The summed E-state index contributed by atoms with van der Waals surface area (Å²) in [7, 11) is 0. The molecular weight excluding hydrogens is 204 g/mol. The Morgan fingerprint density at radius 2 is 2.27 bits per heavy atom. The Morgan fingerprint density at radius 3 is 2.87 bits per heavy atom. The van der Waals surface area contributed by atoms with Crippen LogP contribution < -0.4 is 11.3 Å². The molecule has 15 heavy (non-hydrogen) atoms. The summed E-state index contributed by atoms with van der Waals surface area (Å²) in [5, 5.41) is 0. The van der Waals surface area contributed by atoms with Gasteiger partial charge in [0.1, 0.15) is 0 Å². The average Bonchev–Trinajstić information content (AvgIpc) is 2.26. The van der Waals surface area contributed by atoms with Gasteiger partial charge in [-0.05, 0) is 18.6 Å². The summed E-state index contributed by atoms with van der Waals surface area (Å²) in [6.45, 7) is 2.11. The first kappa shape index (κ1) is 12.1. The molecule has 1 unspecified atom stereocenters. The summed E-state index contributed by atoms with van der Waals surface area (Å²) < 4.78 is 0. The van der Waals surface area contributed by atoms with Gasteiger partial charge in [0.2, 0.25) is 0 Å². The Balaban J connectivity index is 2.49. The van der Waals surface area contributed by atoms with Crippen LogP contribution in [0.1, 0.15) is 12.0 Å². The lowest BCUT2D eigenvalue weighted by Crippen LogP contribution is -2.36. The van der Waals surface area contributed by atoms with Crippen LogP contribution in [-0.4, -0.2) is 11.8 Å². The van der Waals surface area contributed by atoms with E-state index in [-0.39, 0.29) is 6.04 Å². The second-order valence-corrected chi connectivity index (χ2v) is 4.41. The molecule has 0 radical (unpaired) electrons. The van der Waals surface area contributed by atoms with Crippen molar-refractivity contribution in [3.05, 3.63) is 29.8 Å². The van der Waals surface area contributed by atoms with E-state index >= 15 is 0 Å². The molecule has 1 aromatic rings. The van der Waals surface area contributed by atoms with Crippen LogP contribution >= 0.6 is 11.8 Å². The van der Waals surface area contributed by atoms with Crippen molar-refractivity contribution in [2.45, 2.75) is 24.3 Å². The van der Waals surface area contributed by atoms with Crippen LogP contribution in [0.15, 0.2) is 29.2 Å². The van der Waals surface area contributed by atoms with Crippen molar-refractivity contribution in [3.63, 3.8) is 0 Å². The third-order valence-corrected chi connectivity index (χ3v) is 3.47. The molecule has 0 saturated heterocycles. The zero-order valence-corrected chi connectivity index (χ0v) is 9.68. The minimum absolute atomic E-state index is 0.180. The van der Waals surface area contributed by atoms with Gasteiger partial charge in [0, 0.05) is 23.1 Å². The maximum absolute atomic E-state index is 5.40. The first-order valence-electron chi connectivity index (χ1n) is 4.86. The highest BCUT2D eigenvalue weighted by Gasteiger charge is 2.06. The summed E-state index contributed by atoms with van der Waals surface area (Å²) in [4.78, 5) is 1.29. The molecule has 0 aliphatic rings. The Bertz CT molecular complexity index is 344. The maximum Gasteiger partial charge on any atom is 0.0413 e. The summed E-state index contributed by atoms with van der Waals surface area (Å²) in [6.07, 6.45) is 5.91. The molecule has 0 fully saturated rings. The van der Waals surface area contributed by atoms with Gasteiger partial charge in [0.15, 0.2) is 0 Å². The standard InChI is InChI=1S/C12H16N2S/c1-3-6-11(14-13)9-15-12-8-5-4-7-10(12)2/h1,4-5,7-8,11,14H,6,9,13H2,2H3. The van der Waals surface area contributed by atoms with Gasteiger partial charge in [-0.15, -0.1) is 24.1 Å². The topological polar surface area (TPSA) is 38.0 Å². The molecule has 3 heteroatoms. The number of benzene rings is 1. The molecule has 0 amide bonds. The molecule has 0 heterocycles. The van der Waals surface area contributed by atoms with Crippen LogP contribution in [-0.2, 0) is 0 Å². The van der Waals surface area contributed by atoms with E-state index in [1.54, 1.807) is 11.8 Å². The van der Waals surface area contributed by atoms with E-state index < -0.39 is 0 Å². The monoisotopic (exact) mass is 220 g/mol. The minimum Gasteiger partial charge on any atom is -0.271 e. The van der Waals surface area contributed by atoms with Crippen molar-refractivity contribution < 1.29 is 0 Å². The first-order chi connectivity index (χ1) is 7.27. The van der Waals surface area contributed by atoms with Crippen LogP contribution in [0.4, 0.5) is 0 Å². The Kier molecular flexibility index (Phi) is 5.27. The normalized spacial score (nSPS) is 12.1. The molecule has 0 bridgehead atoms. The van der Waals surface area contributed by atoms with Gasteiger partial charge in [-0.3, -0.25) is 11.3 Å². The fourth-order valence-electron chi connectivity index (χ4n) is 1.22. The molecule has 0 saturated carbocycles. The predicted octanol–water partition coefficient (Wildman–Crippen LogP) is 1.94. The Labute approximate surface area is 95.6 Å². The Hall–Kier alpha value is -0.950. The lowest BCUT2D eigenvalue weighted by atomic mass is 10.2. The highest BCUT2D eigenvalue weighted by Crippen LogP contribution is 2.22. The largest absolute Gasteiger partial charge is 0.271 e. The molecule has 0 spiro atoms. The van der Waals surface area contributed by atoms with Crippen LogP contribution in [0, 0.1) is 19.3 Å². The number of hydrogen-bond donors (Lipinski definition) is 2. The molecule has 0 aliphatic carbocycles. The quantitative estimate of drug-likeness (QED) is 0.345. The van der Waals surface area contributed by atoms with E-state index in [1.807, 2.05) is 12.1 Å². The predicted molar refractivity (Wildman–Crippen MR) is 66.5 cm³/mol. The molecule has 2 nitrogen and oxygen atoms in total. The number of nitrogens with two attached hydrogens (primary N) is 1. The van der Waals surface area contributed by atoms with Crippen LogP contribution in [0.5, 0.6) is 0 Å². The van der Waals surface area contributed by atoms with Crippen molar-refractivity contribution in [1.29, 1.82) is 0 Å². The van der Waals surface area contributed by atoms with Crippen molar-refractivity contribution in [3.8, 4) is 12.3 Å². The van der Waals surface area contributed by atoms with Crippen LogP contribution in [0.25, 0.3) is 0 Å². The summed E-state index contributed by atoms with van der Waals surface area (Å²) in [5.74, 6) is 8.91. The number of terminal acetylenes is 1. The van der Waals surface area contributed by atoms with Gasteiger partial charge < -0.3 is 0 Å². The smallest absolute Gasteiger partial charge is 0.0413 e. The van der Waals surface area contributed by atoms with Crippen LogP contribution in [0.3, 0.4) is 0 Å². The van der Waals surface area contributed by atoms with Crippen molar-refractivity contribution in [2.75, 3.05) is 5.75 Å². The fraction of sp³-hybridized carbons (Fsp3) is 0.333. The zero-order chi connectivity index (χ0) is 11.1. The maximum atomic E-state index is 5.40. The molecule has 0 aromatic heterocycles. The molecule has 1 rings (SSSR count). The second kappa shape index (κ2) is 6.52. The molecule has 1 aromatic carbocycles. The minimum atomic E-state index is 0.180. The summed E-state index contributed by atoms with van der Waals surface area (Å²) in [6, 6.07) is 8.48. The third kappa shape index (κ3) is 3.96. The first-order valence-corrected chi connectivity index (χ1v) is 5.84. The van der Waals surface area contributed by atoms with Crippen molar-refractivity contribution >= 4 is 11.8 Å².